The second-order valence-corrected chi connectivity index (χ2v) is 8.23. The van der Waals surface area contributed by atoms with E-state index in [1.807, 2.05) is 50.4 Å². The number of nitrogens with zero attached hydrogens (tertiary/aromatic N) is 3. The molecule has 0 aliphatic carbocycles. The molecule has 29 heavy (non-hydrogen) atoms. The summed E-state index contributed by atoms with van der Waals surface area (Å²) in [7, 11) is 0. The van der Waals surface area contributed by atoms with Crippen molar-refractivity contribution in [2.75, 3.05) is 0 Å². The highest BCUT2D eigenvalue weighted by Crippen LogP contribution is 2.30. The summed E-state index contributed by atoms with van der Waals surface area (Å²) in [5.41, 5.74) is 7.33. The molecular weight excluding hydrogens is 380 g/mol. The lowest BCUT2D eigenvalue weighted by atomic mass is 10.1. The van der Waals surface area contributed by atoms with Gasteiger partial charge in [0, 0.05) is 17.6 Å². The van der Waals surface area contributed by atoms with Crippen molar-refractivity contribution < 1.29 is 4.79 Å². The van der Waals surface area contributed by atoms with Gasteiger partial charge in [0.1, 0.15) is 0 Å². The SMILES string of the molecule is Cc1cc(C)cc(N=C2NC(=O)/C(=C/c3cc(C)n(-c4cccnc4)c3C)S2)c1. The Morgan fingerprint density at radius 2 is 1.86 bits per heavy atom. The molecule has 1 aromatic carbocycles. The van der Waals surface area contributed by atoms with E-state index in [1.165, 1.54) is 11.8 Å². The van der Waals surface area contributed by atoms with E-state index in [9.17, 15) is 4.79 Å². The number of aryl methyl sites for hydroxylation is 3. The van der Waals surface area contributed by atoms with Crippen LogP contribution in [0, 0.1) is 27.7 Å². The van der Waals surface area contributed by atoms with E-state index in [2.05, 4.69) is 45.8 Å². The second kappa shape index (κ2) is 7.72. The van der Waals surface area contributed by atoms with E-state index in [1.54, 1.807) is 6.20 Å². The van der Waals surface area contributed by atoms with Crippen LogP contribution in [0.15, 0.2) is 58.7 Å². The number of carbonyl (C=O) groups excluding carboxylic acids is 1. The Morgan fingerprint density at radius 3 is 2.55 bits per heavy atom. The zero-order valence-electron chi connectivity index (χ0n) is 16.9. The topological polar surface area (TPSA) is 59.3 Å². The minimum Gasteiger partial charge on any atom is -0.316 e. The Bertz CT molecular complexity index is 1140. The van der Waals surface area contributed by atoms with Crippen LogP contribution in [0.2, 0.25) is 0 Å². The summed E-state index contributed by atoms with van der Waals surface area (Å²) < 4.78 is 2.14. The minimum absolute atomic E-state index is 0.121. The molecule has 1 fully saturated rings. The van der Waals surface area contributed by atoms with Gasteiger partial charge in [-0.15, -0.1) is 0 Å². The maximum Gasteiger partial charge on any atom is 0.264 e. The van der Waals surface area contributed by atoms with Gasteiger partial charge in [-0.05, 0) is 92.6 Å². The molecule has 1 aliphatic heterocycles. The quantitative estimate of drug-likeness (QED) is 0.628. The molecule has 0 saturated carbocycles. The van der Waals surface area contributed by atoms with E-state index < -0.39 is 0 Å². The minimum atomic E-state index is -0.121. The molecule has 3 heterocycles. The lowest BCUT2D eigenvalue weighted by Gasteiger charge is -2.08. The molecule has 5 nitrogen and oxygen atoms in total. The number of nitrogens with one attached hydrogen (secondary N) is 1. The molecule has 0 radical (unpaired) electrons. The molecule has 0 unspecified atom stereocenters. The van der Waals surface area contributed by atoms with Gasteiger partial charge in [-0.3, -0.25) is 9.78 Å². The number of hydrogen-bond acceptors (Lipinski definition) is 4. The Morgan fingerprint density at radius 1 is 1.10 bits per heavy atom. The lowest BCUT2D eigenvalue weighted by Crippen LogP contribution is -2.19. The molecule has 3 aromatic rings. The highest BCUT2D eigenvalue weighted by Gasteiger charge is 2.24. The fraction of sp³-hybridized carbons (Fsp3) is 0.174. The summed E-state index contributed by atoms with van der Waals surface area (Å²) >= 11 is 1.37. The highest BCUT2D eigenvalue weighted by atomic mass is 32.2. The van der Waals surface area contributed by atoms with Gasteiger partial charge >= 0.3 is 0 Å². The second-order valence-electron chi connectivity index (χ2n) is 7.20. The number of rotatable bonds is 3. The highest BCUT2D eigenvalue weighted by molar-refractivity contribution is 8.18. The lowest BCUT2D eigenvalue weighted by molar-refractivity contribution is -0.115. The van der Waals surface area contributed by atoms with Gasteiger partial charge in [0.05, 0.1) is 22.5 Å². The molecule has 1 amide bonds. The predicted molar refractivity (Wildman–Crippen MR) is 120 cm³/mol. The van der Waals surface area contributed by atoms with Crippen molar-refractivity contribution >= 4 is 34.6 Å². The molecule has 1 saturated heterocycles. The third-order valence-electron chi connectivity index (χ3n) is 4.75. The maximum atomic E-state index is 12.5. The summed E-state index contributed by atoms with van der Waals surface area (Å²) in [5.74, 6) is -0.121. The number of aliphatic imine (C=N–C) groups is 1. The van der Waals surface area contributed by atoms with Crippen LogP contribution in [0.5, 0.6) is 0 Å². The van der Waals surface area contributed by atoms with Crippen molar-refractivity contribution in [1.82, 2.24) is 14.9 Å². The molecule has 2 aromatic heterocycles. The van der Waals surface area contributed by atoms with E-state index in [4.69, 9.17) is 0 Å². The molecule has 0 bridgehead atoms. The van der Waals surface area contributed by atoms with Crippen molar-refractivity contribution in [1.29, 1.82) is 0 Å². The number of hydrogen-bond donors (Lipinski definition) is 1. The third kappa shape index (κ3) is 4.03. The number of aromatic nitrogens is 2. The molecule has 6 heteroatoms. The summed E-state index contributed by atoms with van der Waals surface area (Å²) in [6.45, 7) is 8.19. The average molecular weight is 403 g/mol. The van der Waals surface area contributed by atoms with Crippen molar-refractivity contribution in [2.24, 2.45) is 4.99 Å². The number of benzene rings is 1. The fourth-order valence-electron chi connectivity index (χ4n) is 3.57. The first-order valence-corrected chi connectivity index (χ1v) is 10.2. The Kier molecular flexibility index (Phi) is 5.11. The van der Waals surface area contributed by atoms with Gasteiger partial charge in [0.25, 0.3) is 5.91 Å². The zero-order chi connectivity index (χ0) is 20.5. The zero-order valence-corrected chi connectivity index (χ0v) is 17.7. The molecule has 1 aliphatic rings. The van der Waals surface area contributed by atoms with Gasteiger partial charge < -0.3 is 9.88 Å². The van der Waals surface area contributed by atoms with Crippen molar-refractivity contribution in [3.05, 3.63) is 81.8 Å². The van der Waals surface area contributed by atoms with Crippen LogP contribution in [0.3, 0.4) is 0 Å². The van der Waals surface area contributed by atoms with E-state index >= 15 is 0 Å². The Balaban J connectivity index is 1.64. The first-order chi connectivity index (χ1) is 13.9. The van der Waals surface area contributed by atoms with Gasteiger partial charge in [0.15, 0.2) is 5.17 Å². The molecular formula is C23H22N4OS. The van der Waals surface area contributed by atoms with Crippen molar-refractivity contribution in [2.45, 2.75) is 27.7 Å². The van der Waals surface area contributed by atoms with E-state index in [-0.39, 0.29) is 5.91 Å². The van der Waals surface area contributed by atoms with Crippen molar-refractivity contribution in [3.8, 4) is 5.69 Å². The van der Waals surface area contributed by atoms with E-state index in [0.29, 0.717) is 10.1 Å². The molecule has 4 rings (SSSR count). The summed E-state index contributed by atoms with van der Waals surface area (Å²) in [6, 6.07) is 12.2. The molecule has 0 spiro atoms. The first-order valence-electron chi connectivity index (χ1n) is 9.38. The molecule has 0 atom stereocenters. The van der Waals surface area contributed by atoms with E-state index in [0.717, 1.165) is 39.5 Å². The predicted octanol–water partition coefficient (Wildman–Crippen LogP) is 5.00. The average Bonchev–Trinajstić information content (AvgIpc) is 3.13. The smallest absolute Gasteiger partial charge is 0.264 e. The van der Waals surface area contributed by atoms with Crippen LogP contribution in [-0.4, -0.2) is 20.6 Å². The van der Waals surface area contributed by atoms with Crippen LogP contribution in [-0.2, 0) is 4.79 Å². The van der Waals surface area contributed by atoms with Crippen LogP contribution < -0.4 is 5.32 Å². The maximum absolute atomic E-state index is 12.5. The normalized spacial score (nSPS) is 16.6. The summed E-state index contributed by atoms with van der Waals surface area (Å²) in [4.78, 5) is 21.9. The van der Waals surface area contributed by atoms with Crippen LogP contribution >= 0.6 is 11.8 Å². The van der Waals surface area contributed by atoms with Crippen LogP contribution in [0.25, 0.3) is 11.8 Å². The van der Waals surface area contributed by atoms with Gasteiger partial charge in [-0.2, -0.15) is 0 Å². The van der Waals surface area contributed by atoms with Gasteiger partial charge in [-0.25, -0.2) is 4.99 Å². The number of amides is 1. The first kappa shape index (κ1) is 19.2. The number of amidine groups is 1. The number of carbonyl (C=O) groups is 1. The standard InChI is InChI=1S/C23H22N4OS/c1-14-8-15(2)10-19(9-14)25-23-26-22(28)21(29-23)12-18-11-16(3)27(17(18)4)20-6-5-7-24-13-20/h5-13H,1-4H3,(H,25,26,28)/b21-12-. The summed E-state index contributed by atoms with van der Waals surface area (Å²) in [5, 5.41) is 3.48. The fourth-order valence-corrected chi connectivity index (χ4v) is 4.40. The van der Waals surface area contributed by atoms with Gasteiger partial charge in [-0.1, -0.05) is 6.07 Å². The molecule has 1 N–H and O–H groups in total. The monoisotopic (exact) mass is 402 g/mol. The third-order valence-corrected chi connectivity index (χ3v) is 5.66. The number of pyridine rings is 1. The van der Waals surface area contributed by atoms with Crippen molar-refractivity contribution in [3.63, 3.8) is 0 Å². The summed E-state index contributed by atoms with van der Waals surface area (Å²) in [6.07, 6.45) is 5.53. The molecule has 146 valence electrons. The van der Waals surface area contributed by atoms with Crippen LogP contribution in [0.4, 0.5) is 5.69 Å². The number of thioether (sulfide) groups is 1. The van der Waals surface area contributed by atoms with Gasteiger partial charge in [0.2, 0.25) is 0 Å². The Labute approximate surface area is 174 Å². The largest absolute Gasteiger partial charge is 0.316 e. The van der Waals surface area contributed by atoms with Crippen LogP contribution in [0.1, 0.15) is 28.1 Å². The Hall–Kier alpha value is -3.12.